The topological polar surface area (TPSA) is 115 Å². The quantitative estimate of drug-likeness (QED) is 0.323. The van der Waals surface area contributed by atoms with Crippen LogP contribution in [0.2, 0.25) is 0 Å². The fourth-order valence-electron chi connectivity index (χ4n) is 2.92. The first kappa shape index (κ1) is 21.9. The molecule has 0 saturated heterocycles. The number of aliphatic hydroxyl groups is 2. The van der Waals surface area contributed by atoms with E-state index in [1.165, 1.54) is 0 Å². The molecule has 0 aliphatic rings. The van der Waals surface area contributed by atoms with E-state index in [0.29, 0.717) is 6.42 Å². The van der Waals surface area contributed by atoms with Gasteiger partial charge in [-0.05, 0) is 25.7 Å². The number of carboxylic acid groups (broad SMARTS) is 2. The van der Waals surface area contributed by atoms with Gasteiger partial charge in [-0.2, -0.15) is 0 Å². The molecule has 0 fully saturated rings. The summed E-state index contributed by atoms with van der Waals surface area (Å²) in [5.74, 6) is -1.67. The third kappa shape index (κ3) is 10.3. The van der Waals surface area contributed by atoms with Crippen LogP contribution < -0.4 is 0 Å². The van der Waals surface area contributed by atoms with E-state index >= 15 is 0 Å². The highest BCUT2D eigenvalue weighted by Gasteiger charge is 2.36. The van der Waals surface area contributed by atoms with Crippen molar-refractivity contribution in [3.05, 3.63) is 0 Å². The highest BCUT2D eigenvalue weighted by atomic mass is 16.4. The SMILES string of the molecule is O=C(O)CCCCCCCCCCC(CCO)(CCO)C(=O)O. The molecular weight excluding hydrogens is 300 g/mol. The summed E-state index contributed by atoms with van der Waals surface area (Å²) in [6.07, 6.45) is 8.75. The van der Waals surface area contributed by atoms with E-state index in [0.717, 1.165) is 51.4 Å². The van der Waals surface area contributed by atoms with Crippen LogP contribution in [-0.4, -0.2) is 45.6 Å². The van der Waals surface area contributed by atoms with Crippen LogP contribution >= 0.6 is 0 Å². The molecule has 6 nitrogen and oxygen atoms in total. The standard InChI is InChI=1S/C17H32O6/c18-13-11-17(12-14-19,16(22)23)10-8-6-4-2-1-3-5-7-9-15(20)21/h18-19H,1-14H2,(H,20,21)(H,22,23). The second-order valence-corrected chi connectivity index (χ2v) is 6.25. The zero-order valence-corrected chi connectivity index (χ0v) is 14.0. The van der Waals surface area contributed by atoms with Gasteiger partial charge in [0.1, 0.15) is 0 Å². The molecule has 6 heteroatoms. The molecule has 136 valence electrons. The van der Waals surface area contributed by atoms with Gasteiger partial charge in [0.2, 0.25) is 0 Å². The lowest BCUT2D eigenvalue weighted by molar-refractivity contribution is -0.152. The van der Waals surface area contributed by atoms with Crippen molar-refractivity contribution in [2.45, 2.75) is 77.0 Å². The number of carbonyl (C=O) groups is 2. The first-order valence-electron chi connectivity index (χ1n) is 8.65. The normalized spacial score (nSPS) is 11.6. The van der Waals surface area contributed by atoms with Crippen molar-refractivity contribution in [2.24, 2.45) is 5.41 Å². The molecule has 0 atom stereocenters. The lowest BCUT2D eigenvalue weighted by Crippen LogP contribution is -2.33. The number of carboxylic acids is 2. The predicted molar refractivity (Wildman–Crippen MR) is 87.3 cm³/mol. The Morgan fingerprint density at radius 3 is 1.48 bits per heavy atom. The molecule has 0 aliphatic carbocycles. The van der Waals surface area contributed by atoms with E-state index in [1.54, 1.807) is 0 Å². The van der Waals surface area contributed by atoms with Crippen LogP contribution in [0.5, 0.6) is 0 Å². The Bertz CT molecular complexity index is 323. The number of unbranched alkanes of at least 4 members (excludes halogenated alkanes) is 7. The molecule has 0 saturated carbocycles. The molecule has 0 radical (unpaired) electrons. The van der Waals surface area contributed by atoms with Crippen LogP contribution in [-0.2, 0) is 9.59 Å². The smallest absolute Gasteiger partial charge is 0.309 e. The highest BCUT2D eigenvalue weighted by molar-refractivity contribution is 5.74. The Labute approximate surface area is 138 Å². The number of aliphatic carboxylic acids is 2. The maximum Gasteiger partial charge on any atom is 0.309 e. The minimum atomic E-state index is -1.000. The summed E-state index contributed by atoms with van der Waals surface area (Å²) in [7, 11) is 0. The van der Waals surface area contributed by atoms with E-state index in [4.69, 9.17) is 15.3 Å². The van der Waals surface area contributed by atoms with Gasteiger partial charge in [0.25, 0.3) is 0 Å². The van der Waals surface area contributed by atoms with Gasteiger partial charge in [0, 0.05) is 19.6 Å². The maximum atomic E-state index is 11.5. The van der Waals surface area contributed by atoms with Crippen LogP contribution in [0.3, 0.4) is 0 Å². The van der Waals surface area contributed by atoms with E-state index in [-0.39, 0.29) is 32.5 Å². The number of rotatable bonds is 16. The minimum Gasteiger partial charge on any atom is -0.481 e. The Balaban J connectivity index is 3.78. The summed E-state index contributed by atoms with van der Waals surface area (Å²) in [5, 5.41) is 36.1. The minimum absolute atomic E-state index is 0.178. The average Bonchev–Trinajstić information content (AvgIpc) is 2.48. The first-order valence-corrected chi connectivity index (χ1v) is 8.65. The fraction of sp³-hybridized carbons (Fsp3) is 0.882. The van der Waals surface area contributed by atoms with Gasteiger partial charge in [0.05, 0.1) is 5.41 Å². The van der Waals surface area contributed by atoms with Crippen molar-refractivity contribution < 1.29 is 30.0 Å². The van der Waals surface area contributed by atoms with E-state index < -0.39 is 17.4 Å². The molecule has 0 aromatic carbocycles. The van der Waals surface area contributed by atoms with Crippen molar-refractivity contribution in [1.82, 2.24) is 0 Å². The molecule has 0 aliphatic heterocycles. The number of hydrogen-bond donors (Lipinski definition) is 4. The number of hydrogen-bond acceptors (Lipinski definition) is 4. The average molecular weight is 332 g/mol. The Kier molecular flexibility index (Phi) is 12.7. The molecule has 0 spiro atoms. The maximum absolute atomic E-state index is 11.5. The Hall–Kier alpha value is -1.14. The van der Waals surface area contributed by atoms with Crippen molar-refractivity contribution in [3.8, 4) is 0 Å². The molecule has 0 amide bonds. The van der Waals surface area contributed by atoms with Crippen LogP contribution in [0.1, 0.15) is 77.0 Å². The molecular formula is C17H32O6. The van der Waals surface area contributed by atoms with Crippen LogP contribution in [0, 0.1) is 5.41 Å². The summed E-state index contributed by atoms with van der Waals surface area (Å²) >= 11 is 0. The molecule has 0 bridgehead atoms. The molecule has 0 heterocycles. The van der Waals surface area contributed by atoms with E-state index in [2.05, 4.69) is 0 Å². The monoisotopic (exact) mass is 332 g/mol. The van der Waals surface area contributed by atoms with Gasteiger partial charge in [-0.25, -0.2) is 0 Å². The second-order valence-electron chi connectivity index (χ2n) is 6.25. The van der Waals surface area contributed by atoms with Gasteiger partial charge < -0.3 is 20.4 Å². The van der Waals surface area contributed by atoms with Gasteiger partial charge in [-0.3, -0.25) is 9.59 Å². The van der Waals surface area contributed by atoms with Gasteiger partial charge in [-0.15, -0.1) is 0 Å². The zero-order valence-electron chi connectivity index (χ0n) is 14.0. The number of aliphatic hydroxyl groups excluding tert-OH is 2. The summed E-state index contributed by atoms with van der Waals surface area (Å²) in [6.45, 7) is -0.356. The van der Waals surface area contributed by atoms with Crippen molar-refractivity contribution in [1.29, 1.82) is 0 Å². The van der Waals surface area contributed by atoms with Crippen molar-refractivity contribution >= 4 is 11.9 Å². The lowest BCUT2D eigenvalue weighted by Gasteiger charge is -2.28. The van der Waals surface area contributed by atoms with Gasteiger partial charge >= 0.3 is 11.9 Å². The zero-order chi connectivity index (χ0) is 17.6. The molecule has 0 rings (SSSR count). The summed E-state index contributed by atoms with van der Waals surface area (Å²) in [5.41, 5.74) is -1.000. The molecule has 0 aromatic rings. The Morgan fingerprint density at radius 1 is 0.652 bits per heavy atom. The largest absolute Gasteiger partial charge is 0.481 e. The third-order valence-electron chi connectivity index (χ3n) is 4.43. The van der Waals surface area contributed by atoms with Crippen molar-refractivity contribution in [3.63, 3.8) is 0 Å². The third-order valence-corrected chi connectivity index (χ3v) is 4.43. The molecule has 23 heavy (non-hydrogen) atoms. The Morgan fingerprint density at radius 2 is 1.09 bits per heavy atom. The lowest BCUT2D eigenvalue weighted by atomic mass is 9.77. The summed E-state index contributed by atoms with van der Waals surface area (Å²) in [4.78, 5) is 21.8. The van der Waals surface area contributed by atoms with E-state index in [9.17, 15) is 14.7 Å². The molecule has 4 N–H and O–H groups in total. The second kappa shape index (κ2) is 13.3. The predicted octanol–water partition coefficient (Wildman–Crippen LogP) is 2.81. The summed E-state index contributed by atoms with van der Waals surface area (Å²) < 4.78 is 0. The van der Waals surface area contributed by atoms with Crippen molar-refractivity contribution in [2.75, 3.05) is 13.2 Å². The van der Waals surface area contributed by atoms with Gasteiger partial charge in [0.15, 0.2) is 0 Å². The van der Waals surface area contributed by atoms with Crippen LogP contribution in [0.25, 0.3) is 0 Å². The molecule has 0 aromatic heterocycles. The summed E-state index contributed by atoms with van der Waals surface area (Å²) in [6, 6.07) is 0. The highest BCUT2D eigenvalue weighted by Crippen LogP contribution is 2.33. The van der Waals surface area contributed by atoms with Crippen LogP contribution in [0.15, 0.2) is 0 Å². The molecule has 0 unspecified atom stereocenters. The van der Waals surface area contributed by atoms with E-state index in [1.807, 2.05) is 0 Å². The first-order chi connectivity index (χ1) is 11.0. The fourth-order valence-corrected chi connectivity index (χ4v) is 2.92. The van der Waals surface area contributed by atoms with Gasteiger partial charge in [-0.1, -0.05) is 44.9 Å². The van der Waals surface area contributed by atoms with Crippen LogP contribution in [0.4, 0.5) is 0 Å².